The van der Waals surface area contributed by atoms with Gasteiger partial charge in [0.25, 0.3) is 0 Å². The molecular weight excluding hydrogens is 298 g/mol. The number of carbonyl (C=O) groups excluding carboxylic acids is 1. The van der Waals surface area contributed by atoms with E-state index in [1.807, 2.05) is 0 Å². The number of rotatable bonds is 4. The van der Waals surface area contributed by atoms with E-state index in [2.05, 4.69) is 0 Å². The molecule has 2 aromatic carbocycles. The predicted molar refractivity (Wildman–Crippen MR) is 80.0 cm³/mol. The van der Waals surface area contributed by atoms with Gasteiger partial charge in [0.05, 0.1) is 10.0 Å². The average molecular weight is 311 g/mol. The van der Waals surface area contributed by atoms with E-state index in [4.69, 9.17) is 23.2 Å². The molecule has 20 heavy (non-hydrogen) atoms. The first-order valence-electron chi connectivity index (χ1n) is 6.16. The van der Waals surface area contributed by atoms with Gasteiger partial charge in [-0.1, -0.05) is 41.4 Å². The van der Waals surface area contributed by atoms with Crippen LogP contribution in [0.25, 0.3) is 0 Å². The van der Waals surface area contributed by atoms with E-state index in [9.17, 15) is 9.18 Å². The van der Waals surface area contributed by atoms with Crippen molar-refractivity contribution in [1.29, 1.82) is 0 Å². The molecule has 0 bridgehead atoms. The van der Waals surface area contributed by atoms with Gasteiger partial charge in [-0.15, -0.1) is 0 Å². The minimum atomic E-state index is -0.259. The van der Waals surface area contributed by atoms with E-state index in [1.165, 1.54) is 6.07 Å². The van der Waals surface area contributed by atoms with E-state index in [-0.39, 0.29) is 24.4 Å². The van der Waals surface area contributed by atoms with Crippen molar-refractivity contribution in [2.45, 2.75) is 19.8 Å². The van der Waals surface area contributed by atoms with Crippen molar-refractivity contribution >= 4 is 29.0 Å². The van der Waals surface area contributed by atoms with Gasteiger partial charge in [0.2, 0.25) is 0 Å². The minimum absolute atomic E-state index is 0.0504. The molecule has 1 nitrogen and oxygen atoms in total. The minimum Gasteiger partial charge on any atom is -0.299 e. The van der Waals surface area contributed by atoms with E-state index in [0.29, 0.717) is 15.6 Å². The summed E-state index contributed by atoms with van der Waals surface area (Å²) < 4.78 is 13.2. The summed E-state index contributed by atoms with van der Waals surface area (Å²) in [4.78, 5) is 12.0. The SMILES string of the molecule is Cc1cc(CC(=O)Cc2ccc(Cl)c(Cl)c2)ccc1F. The number of benzene rings is 2. The largest absolute Gasteiger partial charge is 0.299 e. The summed E-state index contributed by atoms with van der Waals surface area (Å²) in [6.45, 7) is 1.68. The maximum atomic E-state index is 13.2. The quantitative estimate of drug-likeness (QED) is 0.793. The Balaban J connectivity index is 2.04. The van der Waals surface area contributed by atoms with Gasteiger partial charge in [-0.2, -0.15) is 0 Å². The van der Waals surface area contributed by atoms with Gasteiger partial charge >= 0.3 is 0 Å². The van der Waals surface area contributed by atoms with Crippen LogP contribution < -0.4 is 0 Å². The highest BCUT2D eigenvalue weighted by atomic mass is 35.5. The highest BCUT2D eigenvalue weighted by Crippen LogP contribution is 2.23. The van der Waals surface area contributed by atoms with Gasteiger partial charge in [-0.25, -0.2) is 4.39 Å². The first kappa shape index (κ1) is 15.0. The first-order chi connectivity index (χ1) is 9.45. The Labute approximate surface area is 127 Å². The van der Waals surface area contributed by atoms with Crippen LogP contribution in [-0.4, -0.2) is 5.78 Å². The van der Waals surface area contributed by atoms with Gasteiger partial charge in [-0.05, 0) is 41.8 Å². The van der Waals surface area contributed by atoms with Crippen LogP contribution in [0.4, 0.5) is 4.39 Å². The molecule has 0 saturated heterocycles. The van der Waals surface area contributed by atoms with Crippen molar-refractivity contribution in [1.82, 2.24) is 0 Å². The zero-order chi connectivity index (χ0) is 14.7. The summed E-state index contributed by atoms with van der Waals surface area (Å²) in [6, 6.07) is 9.86. The van der Waals surface area contributed by atoms with Crippen LogP contribution in [0, 0.1) is 12.7 Å². The molecule has 0 aliphatic heterocycles. The molecular formula is C16H13Cl2FO. The molecule has 0 heterocycles. The second-order valence-electron chi connectivity index (χ2n) is 4.72. The number of carbonyl (C=O) groups is 1. The number of aryl methyl sites for hydroxylation is 1. The van der Waals surface area contributed by atoms with Crippen LogP contribution in [0.3, 0.4) is 0 Å². The van der Waals surface area contributed by atoms with E-state index in [1.54, 1.807) is 37.3 Å². The summed E-state index contributed by atoms with van der Waals surface area (Å²) in [5.74, 6) is -0.208. The first-order valence-corrected chi connectivity index (χ1v) is 6.92. The Hall–Kier alpha value is -1.38. The van der Waals surface area contributed by atoms with Gasteiger partial charge in [-0.3, -0.25) is 4.79 Å². The van der Waals surface area contributed by atoms with E-state index in [0.717, 1.165) is 11.1 Å². The molecule has 2 aromatic rings. The van der Waals surface area contributed by atoms with Gasteiger partial charge in [0.15, 0.2) is 0 Å². The second-order valence-corrected chi connectivity index (χ2v) is 5.54. The fourth-order valence-electron chi connectivity index (χ4n) is 1.98. The summed E-state index contributed by atoms with van der Waals surface area (Å²) in [5, 5.41) is 0.909. The van der Waals surface area contributed by atoms with Crippen molar-refractivity contribution in [3.63, 3.8) is 0 Å². The molecule has 2 rings (SSSR count). The molecule has 104 valence electrons. The zero-order valence-electron chi connectivity index (χ0n) is 10.9. The lowest BCUT2D eigenvalue weighted by atomic mass is 10.0. The lowest BCUT2D eigenvalue weighted by Gasteiger charge is -2.05. The molecule has 0 saturated carbocycles. The predicted octanol–water partition coefficient (Wildman–Crippen LogP) is 4.80. The molecule has 0 amide bonds. The third-order valence-corrected chi connectivity index (χ3v) is 3.75. The molecule has 0 N–H and O–H groups in total. The Morgan fingerprint density at radius 3 is 2.20 bits per heavy atom. The van der Waals surface area contributed by atoms with Gasteiger partial charge < -0.3 is 0 Å². The zero-order valence-corrected chi connectivity index (χ0v) is 12.4. The normalized spacial score (nSPS) is 10.6. The topological polar surface area (TPSA) is 17.1 Å². The third-order valence-electron chi connectivity index (χ3n) is 3.01. The Kier molecular flexibility index (Phi) is 4.79. The summed E-state index contributed by atoms with van der Waals surface area (Å²) in [5.41, 5.74) is 2.18. The van der Waals surface area contributed by atoms with Crippen LogP contribution in [0.1, 0.15) is 16.7 Å². The Morgan fingerprint density at radius 1 is 1.00 bits per heavy atom. The fourth-order valence-corrected chi connectivity index (χ4v) is 2.30. The van der Waals surface area contributed by atoms with Gasteiger partial charge in [0.1, 0.15) is 11.6 Å². The van der Waals surface area contributed by atoms with Crippen LogP contribution >= 0.6 is 23.2 Å². The molecule has 0 aliphatic carbocycles. The molecule has 4 heteroatoms. The molecule has 0 atom stereocenters. The van der Waals surface area contributed by atoms with Crippen molar-refractivity contribution in [3.05, 3.63) is 69.0 Å². The second kappa shape index (κ2) is 6.38. The van der Waals surface area contributed by atoms with Crippen molar-refractivity contribution in [2.24, 2.45) is 0 Å². The highest BCUT2D eigenvalue weighted by Gasteiger charge is 2.08. The molecule has 0 spiro atoms. The molecule has 0 unspecified atom stereocenters. The molecule has 0 aromatic heterocycles. The molecule has 0 radical (unpaired) electrons. The van der Waals surface area contributed by atoms with Crippen molar-refractivity contribution < 1.29 is 9.18 Å². The average Bonchev–Trinajstić information content (AvgIpc) is 2.38. The lowest BCUT2D eigenvalue weighted by Crippen LogP contribution is -2.07. The number of hydrogen-bond acceptors (Lipinski definition) is 1. The third kappa shape index (κ3) is 3.81. The lowest BCUT2D eigenvalue weighted by molar-refractivity contribution is -0.117. The number of hydrogen-bond donors (Lipinski definition) is 0. The van der Waals surface area contributed by atoms with Gasteiger partial charge in [0, 0.05) is 12.8 Å². The Morgan fingerprint density at radius 2 is 1.60 bits per heavy atom. The molecule has 0 fully saturated rings. The summed E-state index contributed by atoms with van der Waals surface area (Å²) >= 11 is 11.7. The van der Waals surface area contributed by atoms with Crippen LogP contribution in [0.5, 0.6) is 0 Å². The number of halogens is 3. The standard InChI is InChI=1S/C16H13Cl2FO/c1-10-6-11(3-5-16(10)19)7-13(20)8-12-2-4-14(17)15(18)9-12/h2-6,9H,7-8H2,1H3. The fraction of sp³-hybridized carbons (Fsp3) is 0.188. The van der Waals surface area contributed by atoms with Crippen molar-refractivity contribution in [3.8, 4) is 0 Å². The monoisotopic (exact) mass is 310 g/mol. The van der Waals surface area contributed by atoms with Crippen LogP contribution in [0.15, 0.2) is 36.4 Å². The summed E-state index contributed by atoms with van der Waals surface area (Å²) in [6.07, 6.45) is 0.564. The maximum absolute atomic E-state index is 13.2. The van der Waals surface area contributed by atoms with Crippen molar-refractivity contribution in [2.75, 3.05) is 0 Å². The maximum Gasteiger partial charge on any atom is 0.141 e. The van der Waals surface area contributed by atoms with E-state index >= 15 is 0 Å². The highest BCUT2D eigenvalue weighted by molar-refractivity contribution is 6.42. The van der Waals surface area contributed by atoms with E-state index < -0.39 is 0 Å². The van der Waals surface area contributed by atoms with Crippen LogP contribution in [0.2, 0.25) is 10.0 Å². The summed E-state index contributed by atoms with van der Waals surface area (Å²) in [7, 11) is 0. The Bertz CT molecular complexity index is 597. The number of ketones is 1. The smallest absolute Gasteiger partial charge is 0.141 e. The molecule has 0 aliphatic rings. The number of Topliss-reactive ketones (excluding diaryl/α,β-unsaturated/α-hetero) is 1. The van der Waals surface area contributed by atoms with Crippen LogP contribution in [-0.2, 0) is 17.6 Å².